The van der Waals surface area contributed by atoms with Crippen LogP contribution in [0.3, 0.4) is 0 Å². The number of nitrogens with one attached hydrogen (secondary N) is 1. The van der Waals surface area contributed by atoms with E-state index in [1.54, 1.807) is 24.3 Å². The minimum Gasteiger partial charge on any atom is -0.507 e. The van der Waals surface area contributed by atoms with Crippen LogP contribution >= 0.6 is 0 Å². The average molecular weight is 263 g/mol. The lowest BCUT2D eigenvalue weighted by atomic mass is 10.1. The van der Waals surface area contributed by atoms with Crippen molar-refractivity contribution in [3.63, 3.8) is 0 Å². The number of benzene rings is 3. The van der Waals surface area contributed by atoms with Gasteiger partial charge >= 0.3 is 0 Å². The monoisotopic (exact) mass is 263 g/mol. The normalized spacial score (nSPS) is 10.4. The van der Waals surface area contributed by atoms with Crippen molar-refractivity contribution in [1.29, 1.82) is 5.41 Å². The molecule has 0 saturated heterocycles. The fraction of sp³-hybridized carbons (Fsp3) is 0. The summed E-state index contributed by atoms with van der Waals surface area (Å²) in [6.07, 6.45) is 0. The molecule has 0 radical (unpaired) electrons. The summed E-state index contributed by atoms with van der Waals surface area (Å²) < 4.78 is 5.45. The number of fused-ring (bicyclic) bond motifs is 1. The van der Waals surface area contributed by atoms with Gasteiger partial charge in [0.05, 0.1) is 5.56 Å². The first-order chi connectivity index (χ1) is 9.74. The van der Waals surface area contributed by atoms with E-state index >= 15 is 0 Å². The average Bonchev–Trinajstić information content (AvgIpc) is 2.47. The number of ether oxygens (including phenoxy) is 1. The predicted molar refractivity (Wildman–Crippen MR) is 79.5 cm³/mol. The van der Waals surface area contributed by atoms with Crippen LogP contribution in [0, 0.1) is 5.41 Å². The van der Waals surface area contributed by atoms with Crippen LogP contribution in [0.1, 0.15) is 5.56 Å². The molecule has 3 rings (SSSR count). The van der Waals surface area contributed by atoms with Crippen molar-refractivity contribution >= 4 is 16.7 Å². The van der Waals surface area contributed by atoms with Gasteiger partial charge in [-0.2, -0.15) is 0 Å². The number of para-hydroxylation sites is 1. The molecule has 3 aromatic rings. The molecule has 0 atom stereocenters. The van der Waals surface area contributed by atoms with Crippen LogP contribution in [-0.2, 0) is 0 Å². The minimum atomic E-state index is -0.0700. The molecule has 98 valence electrons. The van der Waals surface area contributed by atoms with E-state index in [1.165, 1.54) is 0 Å². The summed E-state index contributed by atoms with van der Waals surface area (Å²) >= 11 is 0. The third-order valence-electron chi connectivity index (χ3n) is 3.07. The second-order valence-electron chi connectivity index (χ2n) is 4.46. The van der Waals surface area contributed by atoms with E-state index in [4.69, 9.17) is 10.1 Å². The molecule has 20 heavy (non-hydrogen) atoms. The summed E-state index contributed by atoms with van der Waals surface area (Å²) in [4.78, 5) is 0. The lowest BCUT2D eigenvalue weighted by Gasteiger charge is -2.09. The highest BCUT2D eigenvalue weighted by Gasteiger charge is 2.11. The Labute approximate surface area is 116 Å². The molecule has 0 aliphatic heterocycles. The topological polar surface area (TPSA) is 53.3 Å². The summed E-state index contributed by atoms with van der Waals surface area (Å²) in [6.45, 7) is 0. The van der Waals surface area contributed by atoms with Gasteiger partial charge in [-0.05, 0) is 35.0 Å². The molecular weight excluding hydrogens is 250 g/mol. The van der Waals surface area contributed by atoms with E-state index in [2.05, 4.69) is 0 Å². The molecule has 0 aromatic heterocycles. The maximum atomic E-state index is 10.0. The molecule has 3 heteroatoms. The largest absolute Gasteiger partial charge is 0.507 e. The van der Waals surface area contributed by atoms with Gasteiger partial charge in [0.2, 0.25) is 5.90 Å². The van der Waals surface area contributed by atoms with Gasteiger partial charge in [0.15, 0.2) is 0 Å². The van der Waals surface area contributed by atoms with Gasteiger partial charge in [-0.15, -0.1) is 0 Å². The lowest BCUT2D eigenvalue weighted by molar-refractivity contribution is 0.469. The molecule has 0 heterocycles. The van der Waals surface area contributed by atoms with Crippen LogP contribution in [0.4, 0.5) is 0 Å². The summed E-state index contributed by atoms with van der Waals surface area (Å²) in [5, 5.41) is 19.9. The number of hydrogen-bond donors (Lipinski definition) is 2. The van der Waals surface area contributed by atoms with Crippen molar-refractivity contribution in [2.75, 3.05) is 0 Å². The van der Waals surface area contributed by atoms with Crippen molar-refractivity contribution in [2.45, 2.75) is 0 Å². The fourth-order valence-electron chi connectivity index (χ4n) is 2.07. The van der Waals surface area contributed by atoms with Gasteiger partial charge in [0.25, 0.3) is 0 Å². The molecule has 0 fully saturated rings. The molecule has 0 aliphatic rings. The predicted octanol–water partition coefficient (Wildman–Crippen LogP) is 3.95. The highest BCUT2D eigenvalue weighted by atomic mass is 16.5. The molecular formula is C17H13NO2. The Hall–Kier alpha value is -2.81. The van der Waals surface area contributed by atoms with E-state index in [1.807, 2.05) is 42.5 Å². The minimum absolute atomic E-state index is 0.0460. The third-order valence-corrected chi connectivity index (χ3v) is 3.07. The first-order valence-electron chi connectivity index (χ1n) is 6.27. The third kappa shape index (κ3) is 2.34. The van der Waals surface area contributed by atoms with Crippen LogP contribution in [0.15, 0.2) is 66.7 Å². The lowest BCUT2D eigenvalue weighted by Crippen LogP contribution is -2.08. The summed E-state index contributed by atoms with van der Waals surface area (Å²) in [7, 11) is 0. The first-order valence-corrected chi connectivity index (χ1v) is 6.27. The smallest absolute Gasteiger partial charge is 0.222 e. The maximum Gasteiger partial charge on any atom is 0.222 e. The Morgan fingerprint density at radius 2 is 1.45 bits per heavy atom. The van der Waals surface area contributed by atoms with Crippen molar-refractivity contribution < 1.29 is 9.84 Å². The van der Waals surface area contributed by atoms with E-state index < -0.39 is 0 Å². The first kappa shape index (κ1) is 12.2. The number of phenolic OH excluding ortho intramolecular Hbond substituents is 1. The zero-order chi connectivity index (χ0) is 13.9. The Bertz CT molecular complexity index is 766. The van der Waals surface area contributed by atoms with E-state index in [0.29, 0.717) is 11.3 Å². The van der Waals surface area contributed by atoms with E-state index in [0.717, 1.165) is 10.8 Å². The molecule has 0 saturated carbocycles. The Morgan fingerprint density at radius 1 is 0.850 bits per heavy atom. The van der Waals surface area contributed by atoms with Crippen molar-refractivity contribution in [1.82, 2.24) is 0 Å². The van der Waals surface area contributed by atoms with Gasteiger partial charge in [-0.25, -0.2) is 0 Å². The molecule has 3 aromatic carbocycles. The van der Waals surface area contributed by atoms with Crippen LogP contribution in [0.2, 0.25) is 0 Å². The number of aromatic hydroxyl groups is 1. The van der Waals surface area contributed by atoms with E-state index in [9.17, 15) is 5.11 Å². The van der Waals surface area contributed by atoms with Gasteiger partial charge < -0.3 is 9.84 Å². The van der Waals surface area contributed by atoms with Crippen molar-refractivity contribution in [2.24, 2.45) is 0 Å². The molecule has 0 unspecified atom stereocenters. The Balaban J connectivity index is 1.97. The molecule has 0 aliphatic carbocycles. The number of phenols is 1. The van der Waals surface area contributed by atoms with E-state index in [-0.39, 0.29) is 11.6 Å². The SMILES string of the molecule is N=C(Oc1ccccc1)c1cc2ccccc2cc1O. The second-order valence-corrected chi connectivity index (χ2v) is 4.46. The number of rotatable bonds is 2. The van der Waals surface area contributed by atoms with Crippen LogP contribution in [-0.4, -0.2) is 11.0 Å². The van der Waals surface area contributed by atoms with Gasteiger partial charge in [-0.1, -0.05) is 42.5 Å². The van der Waals surface area contributed by atoms with Gasteiger partial charge in [0, 0.05) is 0 Å². The van der Waals surface area contributed by atoms with Gasteiger partial charge in [0.1, 0.15) is 11.5 Å². The quantitative estimate of drug-likeness (QED) is 0.543. The molecule has 0 spiro atoms. The van der Waals surface area contributed by atoms with Crippen LogP contribution in [0.5, 0.6) is 11.5 Å². The summed E-state index contributed by atoms with van der Waals surface area (Å²) in [5.74, 6) is 0.550. The Kier molecular flexibility index (Phi) is 3.09. The van der Waals surface area contributed by atoms with Gasteiger partial charge in [-0.3, -0.25) is 5.41 Å². The van der Waals surface area contributed by atoms with Crippen molar-refractivity contribution in [3.8, 4) is 11.5 Å². The molecule has 2 N–H and O–H groups in total. The molecule has 0 amide bonds. The van der Waals surface area contributed by atoms with Crippen LogP contribution in [0.25, 0.3) is 10.8 Å². The van der Waals surface area contributed by atoms with Crippen LogP contribution < -0.4 is 4.74 Å². The number of hydrogen-bond acceptors (Lipinski definition) is 3. The Morgan fingerprint density at radius 3 is 2.15 bits per heavy atom. The zero-order valence-corrected chi connectivity index (χ0v) is 10.7. The summed E-state index contributed by atoms with van der Waals surface area (Å²) in [6, 6.07) is 20.2. The summed E-state index contributed by atoms with van der Waals surface area (Å²) in [5.41, 5.74) is 0.382. The highest BCUT2D eigenvalue weighted by Crippen LogP contribution is 2.26. The molecule has 3 nitrogen and oxygen atoms in total. The zero-order valence-electron chi connectivity index (χ0n) is 10.7. The standard InChI is InChI=1S/C17H13NO2/c18-17(20-14-8-2-1-3-9-14)15-10-12-6-4-5-7-13(12)11-16(15)19/h1-11,18-19H. The second kappa shape index (κ2) is 5.05. The fourth-order valence-corrected chi connectivity index (χ4v) is 2.07. The molecule has 0 bridgehead atoms. The highest BCUT2D eigenvalue weighted by molar-refractivity contribution is 6.00. The maximum absolute atomic E-state index is 10.0. The van der Waals surface area contributed by atoms with Crippen molar-refractivity contribution in [3.05, 3.63) is 72.3 Å².